The van der Waals surface area contributed by atoms with Gasteiger partial charge in [0.1, 0.15) is 5.41 Å². The molecule has 0 bridgehead atoms. The van der Waals surface area contributed by atoms with E-state index in [1.807, 2.05) is 26.0 Å². The van der Waals surface area contributed by atoms with E-state index in [-0.39, 0.29) is 5.91 Å². The Morgan fingerprint density at radius 2 is 1.95 bits per heavy atom. The first-order valence-corrected chi connectivity index (χ1v) is 6.83. The van der Waals surface area contributed by atoms with E-state index in [0.717, 1.165) is 6.42 Å². The molecule has 102 valence electrons. The number of amides is 1. The molecule has 0 aromatic heterocycles. The quantitative estimate of drug-likeness (QED) is 0.852. The first-order valence-electron chi connectivity index (χ1n) is 6.83. The zero-order chi connectivity index (χ0) is 14.3. The number of hydrogen-bond acceptors (Lipinski definition) is 2. The van der Waals surface area contributed by atoms with E-state index in [1.165, 1.54) is 11.1 Å². The third-order valence-electron chi connectivity index (χ3n) is 3.80. The van der Waals surface area contributed by atoms with Crippen LogP contribution in [0.25, 0.3) is 0 Å². The Bertz CT molecular complexity index is 470. The van der Waals surface area contributed by atoms with Gasteiger partial charge in [0, 0.05) is 6.54 Å². The summed E-state index contributed by atoms with van der Waals surface area (Å²) in [6.07, 6.45) is 1.90. The van der Waals surface area contributed by atoms with Crippen LogP contribution in [0, 0.1) is 23.7 Å². The highest BCUT2D eigenvalue weighted by molar-refractivity contribution is 5.85. The molecule has 0 unspecified atom stereocenters. The molecule has 0 radical (unpaired) electrons. The average Bonchev–Trinajstić information content (AvgIpc) is 2.43. The van der Waals surface area contributed by atoms with Crippen LogP contribution in [0.2, 0.25) is 0 Å². The molecular formula is C16H22N2O. The Morgan fingerprint density at radius 1 is 1.32 bits per heavy atom. The van der Waals surface area contributed by atoms with Crippen molar-refractivity contribution in [2.45, 2.75) is 40.0 Å². The van der Waals surface area contributed by atoms with Crippen molar-refractivity contribution in [2.24, 2.45) is 5.41 Å². The van der Waals surface area contributed by atoms with E-state index >= 15 is 0 Å². The van der Waals surface area contributed by atoms with Crippen LogP contribution in [-0.2, 0) is 11.2 Å². The lowest BCUT2D eigenvalue weighted by Gasteiger charge is -2.22. The summed E-state index contributed by atoms with van der Waals surface area (Å²) < 4.78 is 0. The molecule has 0 aliphatic heterocycles. The van der Waals surface area contributed by atoms with E-state index in [1.54, 1.807) is 0 Å². The number of aryl methyl sites for hydroxylation is 1. The Kier molecular flexibility index (Phi) is 5.57. The second-order valence-corrected chi connectivity index (χ2v) is 4.83. The van der Waals surface area contributed by atoms with Crippen molar-refractivity contribution in [1.29, 1.82) is 5.26 Å². The molecule has 0 heterocycles. The van der Waals surface area contributed by atoms with Gasteiger partial charge in [0.2, 0.25) is 5.91 Å². The fraction of sp³-hybridized carbons (Fsp3) is 0.500. The molecule has 1 rings (SSSR count). The first kappa shape index (κ1) is 15.2. The molecule has 0 fully saturated rings. The number of nitrogens with zero attached hydrogens (tertiary/aromatic N) is 1. The number of benzene rings is 1. The van der Waals surface area contributed by atoms with Gasteiger partial charge in [-0.25, -0.2) is 0 Å². The minimum atomic E-state index is -0.869. The standard InChI is InChI=1S/C16H22N2O/c1-4-16(5-2,12-17)15(19)18-11-10-14-9-7-6-8-13(14)3/h6-9H,4-5,10-11H2,1-3H3,(H,18,19). The highest BCUT2D eigenvalue weighted by atomic mass is 16.2. The van der Waals surface area contributed by atoms with Gasteiger partial charge in [-0.1, -0.05) is 38.1 Å². The molecule has 0 saturated heterocycles. The summed E-state index contributed by atoms with van der Waals surface area (Å²) in [5, 5.41) is 12.1. The number of nitrogens with one attached hydrogen (secondary N) is 1. The summed E-state index contributed by atoms with van der Waals surface area (Å²) in [6.45, 7) is 6.41. The lowest BCUT2D eigenvalue weighted by Crippen LogP contribution is -2.40. The van der Waals surface area contributed by atoms with Gasteiger partial charge in [0.05, 0.1) is 6.07 Å². The van der Waals surface area contributed by atoms with E-state index < -0.39 is 5.41 Å². The Morgan fingerprint density at radius 3 is 2.47 bits per heavy atom. The molecule has 1 amide bonds. The maximum atomic E-state index is 12.1. The summed E-state index contributed by atoms with van der Waals surface area (Å²) in [6, 6.07) is 10.3. The number of carbonyl (C=O) groups excluding carboxylic acids is 1. The fourth-order valence-corrected chi connectivity index (χ4v) is 2.15. The molecule has 0 spiro atoms. The molecule has 19 heavy (non-hydrogen) atoms. The van der Waals surface area contributed by atoms with Gasteiger partial charge in [-0.2, -0.15) is 5.26 Å². The third kappa shape index (κ3) is 3.57. The van der Waals surface area contributed by atoms with Crippen LogP contribution in [-0.4, -0.2) is 12.5 Å². The molecule has 3 nitrogen and oxygen atoms in total. The maximum absolute atomic E-state index is 12.1. The molecule has 1 aromatic rings. The van der Waals surface area contributed by atoms with Crippen LogP contribution < -0.4 is 5.32 Å². The van der Waals surface area contributed by atoms with Crippen molar-refractivity contribution in [3.8, 4) is 6.07 Å². The van der Waals surface area contributed by atoms with Crippen LogP contribution in [0.4, 0.5) is 0 Å². The molecule has 3 heteroatoms. The lowest BCUT2D eigenvalue weighted by molar-refractivity contribution is -0.128. The summed E-state index contributed by atoms with van der Waals surface area (Å²) in [7, 11) is 0. The fourth-order valence-electron chi connectivity index (χ4n) is 2.15. The normalized spacial score (nSPS) is 10.8. The van der Waals surface area contributed by atoms with Crippen LogP contribution in [0.3, 0.4) is 0 Å². The van der Waals surface area contributed by atoms with Crippen LogP contribution >= 0.6 is 0 Å². The van der Waals surface area contributed by atoms with Gasteiger partial charge in [-0.3, -0.25) is 4.79 Å². The van der Waals surface area contributed by atoms with Crippen molar-refractivity contribution in [2.75, 3.05) is 6.54 Å². The van der Waals surface area contributed by atoms with Gasteiger partial charge in [0.15, 0.2) is 0 Å². The Balaban J connectivity index is 2.56. The van der Waals surface area contributed by atoms with Crippen molar-refractivity contribution in [1.82, 2.24) is 5.32 Å². The van der Waals surface area contributed by atoms with Crippen LogP contribution in [0.1, 0.15) is 37.8 Å². The van der Waals surface area contributed by atoms with Gasteiger partial charge in [0.25, 0.3) is 0 Å². The van der Waals surface area contributed by atoms with Gasteiger partial charge in [-0.15, -0.1) is 0 Å². The lowest BCUT2D eigenvalue weighted by atomic mass is 9.83. The number of carbonyl (C=O) groups is 1. The minimum Gasteiger partial charge on any atom is -0.354 e. The highest BCUT2D eigenvalue weighted by Crippen LogP contribution is 2.25. The number of hydrogen-bond donors (Lipinski definition) is 1. The van der Waals surface area contributed by atoms with E-state index in [2.05, 4.69) is 30.4 Å². The van der Waals surface area contributed by atoms with Crippen LogP contribution in [0.15, 0.2) is 24.3 Å². The van der Waals surface area contributed by atoms with Gasteiger partial charge >= 0.3 is 0 Å². The predicted molar refractivity (Wildman–Crippen MR) is 76.5 cm³/mol. The van der Waals surface area contributed by atoms with Crippen molar-refractivity contribution >= 4 is 5.91 Å². The summed E-state index contributed by atoms with van der Waals surface area (Å²) in [5.74, 6) is -0.145. The molecular weight excluding hydrogens is 236 g/mol. The zero-order valence-electron chi connectivity index (χ0n) is 12.0. The molecule has 0 aliphatic rings. The average molecular weight is 258 g/mol. The monoisotopic (exact) mass is 258 g/mol. The second kappa shape index (κ2) is 6.94. The second-order valence-electron chi connectivity index (χ2n) is 4.83. The molecule has 1 aromatic carbocycles. The van der Waals surface area contributed by atoms with Gasteiger partial charge in [-0.05, 0) is 37.3 Å². The molecule has 0 aliphatic carbocycles. The predicted octanol–water partition coefficient (Wildman–Crippen LogP) is 2.98. The number of nitriles is 1. The zero-order valence-corrected chi connectivity index (χ0v) is 12.0. The largest absolute Gasteiger partial charge is 0.354 e. The smallest absolute Gasteiger partial charge is 0.240 e. The van der Waals surface area contributed by atoms with Crippen molar-refractivity contribution in [3.05, 3.63) is 35.4 Å². The topological polar surface area (TPSA) is 52.9 Å². The molecule has 1 N–H and O–H groups in total. The summed E-state index contributed by atoms with van der Waals surface area (Å²) in [5.41, 5.74) is 1.60. The maximum Gasteiger partial charge on any atom is 0.240 e. The summed E-state index contributed by atoms with van der Waals surface area (Å²) in [4.78, 5) is 12.1. The van der Waals surface area contributed by atoms with E-state index in [0.29, 0.717) is 19.4 Å². The van der Waals surface area contributed by atoms with Crippen molar-refractivity contribution in [3.63, 3.8) is 0 Å². The third-order valence-corrected chi connectivity index (χ3v) is 3.80. The molecule has 0 atom stereocenters. The van der Waals surface area contributed by atoms with E-state index in [4.69, 9.17) is 0 Å². The minimum absolute atomic E-state index is 0.145. The van der Waals surface area contributed by atoms with Gasteiger partial charge < -0.3 is 5.32 Å². The SMILES string of the molecule is CCC(C#N)(CC)C(=O)NCCc1ccccc1C. The van der Waals surface area contributed by atoms with Crippen LogP contribution in [0.5, 0.6) is 0 Å². The Labute approximate surface area is 115 Å². The molecule has 0 saturated carbocycles. The highest BCUT2D eigenvalue weighted by Gasteiger charge is 2.34. The van der Waals surface area contributed by atoms with Crippen molar-refractivity contribution < 1.29 is 4.79 Å². The number of rotatable bonds is 6. The Hall–Kier alpha value is -1.82. The van der Waals surface area contributed by atoms with E-state index in [9.17, 15) is 10.1 Å². The summed E-state index contributed by atoms with van der Waals surface area (Å²) >= 11 is 0. The first-order chi connectivity index (χ1) is 9.09.